The second-order valence-electron chi connectivity index (χ2n) is 7.40. The molecule has 0 unspecified atom stereocenters. The molecule has 0 radical (unpaired) electrons. The third-order valence-corrected chi connectivity index (χ3v) is 6.32. The quantitative estimate of drug-likeness (QED) is 0.712. The van der Waals surface area contributed by atoms with E-state index in [1.165, 1.54) is 35.0 Å². The third kappa shape index (κ3) is 3.25. The Morgan fingerprint density at radius 2 is 2.12 bits per heavy atom. The van der Waals surface area contributed by atoms with Gasteiger partial charge in [0.15, 0.2) is 10.8 Å². The highest BCUT2D eigenvalue weighted by atomic mass is 32.2. The summed E-state index contributed by atoms with van der Waals surface area (Å²) in [5.74, 6) is 0.314. The van der Waals surface area contributed by atoms with Crippen molar-refractivity contribution in [3.8, 4) is 0 Å². The second-order valence-corrected chi connectivity index (χ2v) is 9.42. The first kappa shape index (κ1) is 16.8. The molecule has 1 N–H and O–H groups in total. The number of carbonyl (C=O) groups excluding carboxylic acids is 1. The van der Waals surface area contributed by atoms with Crippen LogP contribution in [0.3, 0.4) is 0 Å². The zero-order valence-corrected chi connectivity index (χ0v) is 16.3. The number of aryl methyl sites for hydroxylation is 2. The predicted octanol–water partition coefficient (Wildman–Crippen LogP) is 3.22. The van der Waals surface area contributed by atoms with Crippen LogP contribution in [0.5, 0.6) is 0 Å². The van der Waals surface area contributed by atoms with Crippen LogP contribution < -0.4 is 5.32 Å². The molecule has 0 bridgehead atoms. The Kier molecular flexibility index (Phi) is 4.19. The Hall–Kier alpha value is -1.67. The van der Waals surface area contributed by atoms with Crippen LogP contribution in [0.2, 0.25) is 0 Å². The van der Waals surface area contributed by atoms with Gasteiger partial charge in [0.25, 0.3) is 0 Å². The molecule has 132 valence electrons. The fourth-order valence-electron chi connectivity index (χ4n) is 3.22. The largest absolute Gasteiger partial charge is 0.351 e. The number of nitrogens with zero attached hydrogens (tertiary/aromatic N) is 4. The van der Waals surface area contributed by atoms with E-state index in [4.69, 9.17) is 0 Å². The van der Waals surface area contributed by atoms with E-state index >= 15 is 0 Å². The summed E-state index contributed by atoms with van der Waals surface area (Å²) in [6.07, 6.45) is 6.50. The van der Waals surface area contributed by atoms with Gasteiger partial charge >= 0.3 is 0 Å². The molecule has 0 saturated carbocycles. The molecule has 6 nitrogen and oxygen atoms in total. The van der Waals surface area contributed by atoms with Crippen LogP contribution in [0.25, 0.3) is 15.9 Å². The van der Waals surface area contributed by atoms with Crippen molar-refractivity contribution in [1.29, 1.82) is 0 Å². The van der Waals surface area contributed by atoms with Crippen LogP contribution in [-0.2, 0) is 17.6 Å². The Balaban J connectivity index is 1.64. The number of amides is 1. The molecule has 4 rings (SSSR count). The lowest BCUT2D eigenvalue weighted by Crippen LogP contribution is -2.41. The van der Waals surface area contributed by atoms with E-state index in [0.717, 1.165) is 28.7 Å². The number of hydrogen-bond acceptors (Lipinski definition) is 6. The van der Waals surface area contributed by atoms with Gasteiger partial charge in [-0.3, -0.25) is 9.20 Å². The molecule has 3 aromatic heterocycles. The average molecular weight is 376 g/mol. The van der Waals surface area contributed by atoms with Gasteiger partial charge in [-0.1, -0.05) is 11.8 Å². The number of fused-ring (bicyclic) bond motifs is 5. The second kappa shape index (κ2) is 6.25. The highest BCUT2D eigenvalue weighted by Gasteiger charge is 2.21. The number of hydrogen-bond donors (Lipinski definition) is 1. The van der Waals surface area contributed by atoms with Gasteiger partial charge in [0.1, 0.15) is 11.2 Å². The Labute approximate surface area is 154 Å². The zero-order chi connectivity index (χ0) is 17.6. The molecule has 1 aliphatic rings. The van der Waals surface area contributed by atoms with Crippen molar-refractivity contribution in [2.45, 2.75) is 57.1 Å². The minimum atomic E-state index is -0.228. The Morgan fingerprint density at radius 1 is 1.32 bits per heavy atom. The van der Waals surface area contributed by atoms with Gasteiger partial charge in [-0.25, -0.2) is 4.98 Å². The van der Waals surface area contributed by atoms with E-state index in [0.29, 0.717) is 10.9 Å². The van der Waals surface area contributed by atoms with Gasteiger partial charge < -0.3 is 5.32 Å². The van der Waals surface area contributed by atoms with Crippen molar-refractivity contribution in [1.82, 2.24) is 24.9 Å². The van der Waals surface area contributed by atoms with Crippen molar-refractivity contribution < 1.29 is 4.79 Å². The molecule has 8 heteroatoms. The lowest BCUT2D eigenvalue weighted by atomic mass is 9.97. The number of rotatable bonds is 3. The first-order chi connectivity index (χ1) is 11.9. The van der Waals surface area contributed by atoms with Crippen molar-refractivity contribution in [2.75, 3.05) is 5.75 Å². The fourth-order valence-corrected chi connectivity index (χ4v) is 5.14. The highest BCUT2D eigenvalue weighted by Crippen LogP contribution is 2.37. The molecular weight excluding hydrogens is 354 g/mol. The topological polar surface area (TPSA) is 72.2 Å². The number of thioether (sulfide) groups is 1. The van der Waals surface area contributed by atoms with Crippen LogP contribution >= 0.6 is 23.1 Å². The van der Waals surface area contributed by atoms with Gasteiger partial charge in [0.2, 0.25) is 5.91 Å². The summed E-state index contributed by atoms with van der Waals surface area (Å²) < 4.78 is 1.92. The van der Waals surface area contributed by atoms with Crippen molar-refractivity contribution >= 4 is 44.9 Å². The van der Waals surface area contributed by atoms with Crippen molar-refractivity contribution in [2.24, 2.45) is 0 Å². The maximum Gasteiger partial charge on any atom is 0.230 e. The maximum atomic E-state index is 12.0. The maximum absolute atomic E-state index is 12.0. The molecule has 3 heterocycles. The van der Waals surface area contributed by atoms with Crippen LogP contribution in [0.1, 0.15) is 44.1 Å². The van der Waals surface area contributed by atoms with E-state index in [2.05, 4.69) is 20.5 Å². The standard InChI is InChI=1S/C17H21N5OS2/c1-17(2,3)19-12(23)8-24-16-21-20-14-13-10-6-4-5-7-11(10)25-15(13)18-9-22(14)16/h9H,4-8H2,1-3H3,(H,19,23). The van der Waals surface area contributed by atoms with E-state index in [-0.39, 0.29) is 11.4 Å². The summed E-state index contributed by atoms with van der Waals surface area (Å²) in [6, 6.07) is 0. The van der Waals surface area contributed by atoms with Gasteiger partial charge in [-0.05, 0) is 52.0 Å². The summed E-state index contributed by atoms with van der Waals surface area (Å²) in [7, 11) is 0. The van der Waals surface area contributed by atoms with Crippen LogP contribution in [0, 0.1) is 0 Å². The van der Waals surface area contributed by atoms with Crippen molar-refractivity contribution in [3.63, 3.8) is 0 Å². The molecule has 0 fully saturated rings. The normalized spacial score (nSPS) is 14.8. The van der Waals surface area contributed by atoms with E-state index in [1.54, 1.807) is 17.7 Å². The van der Waals surface area contributed by atoms with E-state index in [1.807, 2.05) is 25.2 Å². The molecule has 0 atom stereocenters. The van der Waals surface area contributed by atoms with Gasteiger partial charge in [-0.2, -0.15) is 0 Å². The van der Waals surface area contributed by atoms with Crippen LogP contribution in [0.4, 0.5) is 0 Å². The fraction of sp³-hybridized carbons (Fsp3) is 0.529. The lowest BCUT2D eigenvalue weighted by Gasteiger charge is -2.20. The Bertz CT molecular complexity index is 953. The monoisotopic (exact) mass is 375 g/mol. The molecule has 25 heavy (non-hydrogen) atoms. The van der Waals surface area contributed by atoms with Crippen LogP contribution in [0.15, 0.2) is 11.5 Å². The summed E-state index contributed by atoms with van der Waals surface area (Å²) >= 11 is 3.18. The third-order valence-electron chi connectivity index (χ3n) is 4.18. The molecule has 1 aliphatic carbocycles. The number of carbonyl (C=O) groups is 1. The van der Waals surface area contributed by atoms with Crippen molar-refractivity contribution in [3.05, 3.63) is 16.8 Å². The van der Waals surface area contributed by atoms with Crippen LogP contribution in [-0.4, -0.2) is 36.8 Å². The molecule has 0 saturated heterocycles. The Morgan fingerprint density at radius 3 is 2.92 bits per heavy atom. The lowest BCUT2D eigenvalue weighted by molar-refractivity contribution is -0.119. The molecule has 0 aromatic carbocycles. The minimum Gasteiger partial charge on any atom is -0.351 e. The average Bonchev–Trinajstić information content (AvgIpc) is 3.11. The smallest absolute Gasteiger partial charge is 0.230 e. The summed E-state index contributed by atoms with van der Waals surface area (Å²) in [5, 5.41) is 13.5. The van der Waals surface area contributed by atoms with Gasteiger partial charge in [0.05, 0.1) is 11.1 Å². The number of nitrogens with one attached hydrogen (secondary N) is 1. The summed E-state index contributed by atoms with van der Waals surface area (Å²) in [4.78, 5) is 19.2. The first-order valence-corrected chi connectivity index (χ1v) is 10.3. The number of aromatic nitrogens is 4. The number of thiophene rings is 1. The highest BCUT2D eigenvalue weighted by molar-refractivity contribution is 7.99. The summed E-state index contributed by atoms with van der Waals surface area (Å²) in [5.41, 5.74) is 2.04. The molecule has 3 aromatic rings. The molecular formula is C17H21N5OS2. The van der Waals surface area contributed by atoms with E-state index < -0.39 is 0 Å². The van der Waals surface area contributed by atoms with Gasteiger partial charge in [0, 0.05) is 10.4 Å². The predicted molar refractivity (Wildman–Crippen MR) is 101 cm³/mol. The van der Waals surface area contributed by atoms with E-state index in [9.17, 15) is 4.79 Å². The molecule has 0 spiro atoms. The molecule has 0 aliphatic heterocycles. The minimum absolute atomic E-state index is 0.00352. The zero-order valence-electron chi connectivity index (χ0n) is 14.6. The first-order valence-electron chi connectivity index (χ1n) is 8.50. The molecule has 1 amide bonds. The van der Waals surface area contributed by atoms with Gasteiger partial charge in [-0.15, -0.1) is 21.5 Å². The SMILES string of the molecule is CC(C)(C)NC(=O)CSc1nnc2c3c4c(sc3ncn12)CCCC4. The summed E-state index contributed by atoms with van der Waals surface area (Å²) in [6.45, 7) is 5.92.